The van der Waals surface area contributed by atoms with Crippen LogP contribution < -0.4 is 0 Å². The number of fused-ring (bicyclic) bond motifs is 5. The van der Waals surface area contributed by atoms with E-state index in [0.29, 0.717) is 16.7 Å². The summed E-state index contributed by atoms with van der Waals surface area (Å²) in [5.41, 5.74) is 2.15. The molecular formula is C30H52O. The average Bonchev–Trinajstić information content (AvgIpc) is 3.08. The molecule has 4 rings (SSSR count). The van der Waals surface area contributed by atoms with Crippen molar-refractivity contribution in [3.63, 3.8) is 0 Å². The molecule has 0 spiro atoms. The van der Waals surface area contributed by atoms with Crippen LogP contribution in [0.2, 0.25) is 0 Å². The summed E-state index contributed by atoms with van der Waals surface area (Å²) >= 11 is 0. The summed E-state index contributed by atoms with van der Waals surface area (Å²) in [6.07, 6.45) is 14.7. The van der Waals surface area contributed by atoms with Gasteiger partial charge in [0, 0.05) is 0 Å². The highest BCUT2D eigenvalue weighted by Crippen LogP contribution is 2.68. The minimum Gasteiger partial charge on any atom is -0.389 e. The predicted molar refractivity (Wildman–Crippen MR) is 133 cm³/mol. The fourth-order valence-electron chi connectivity index (χ4n) is 9.95. The Labute approximate surface area is 193 Å². The quantitative estimate of drug-likeness (QED) is 0.422. The van der Waals surface area contributed by atoms with E-state index < -0.39 is 0 Å². The first-order valence-corrected chi connectivity index (χ1v) is 14.0. The van der Waals surface area contributed by atoms with E-state index in [-0.39, 0.29) is 6.10 Å². The second-order valence-electron chi connectivity index (χ2n) is 13.3. The van der Waals surface area contributed by atoms with Crippen LogP contribution in [0.4, 0.5) is 0 Å². The highest BCUT2D eigenvalue weighted by atomic mass is 16.3. The van der Waals surface area contributed by atoms with Gasteiger partial charge in [0.2, 0.25) is 0 Å². The summed E-state index contributed by atoms with van der Waals surface area (Å²) < 4.78 is 0. The molecule has 0 amide bonds. The fraction of sp³-hybridized carbons (Fsp3) is 0.933. The molecule has 1 unspecified atom stereocenters. The van der Waals surface area contributed by atoms with Crippen LogP contribution in [0.15, 0.2) is 12.2 Å². The maximum atomic E-state index is 10.5. The zero-order chi connectivity index (χ0) is 22.6. The lowest BCUT2D eigenvalue weighted by molar-refractivity contribution is -0.111. The molecule has 4 aliphatic rings. The van der Waals surface area contributed by atoms with Gasteiger partial charge in [-0.3, -0.25) is 0 Å². The van der Waals surface area contributed by atoms with Gasteiger partial charge in [-0.2, -0.15) is 0 Å². The molecule has 0 aromatic heterocycles. The van der Waals surface area contributed by atoms with Gasteiger partial charge in [0.1, 0.15) is 0 Å². The van der Waals surface area contributed by atoms with Crippen molar-refractivity contribution in [1.82, 2.24) is 0 Å². The van der Waals surface area contributed by atoms with Crippen molar-refractivity contribution in [3.8, 4) is 0 Å². The van der Waals surface area contributed by atoms with E-state index in [0.717, 1.165) is 47.8 Å². The van der Waals surface area contributed by atoms with Crippen LogP contribution >= 0.6 is 0 Å². The summed E-state index contributed by atoms with van der Waals surface area (Å²) in [5.74, 6) is 6.89. The Kier molecular flexibility index (Phi) is 6.78. The molecule has 4 saturated carbocycles. The van der Waals surface area contributed by atoms with Crippen molar-refractivity contribution < 1.29 is 5.11 Å². The molecule has 0 aromatic carbocycles. The van der Waals surface area contributed by atoms with Gasteiger partial charge in [-0.1, -0.05) is 61.0 Å². The van der Waals surface area contributed by atoms with Crippen LogP contribution in [-0.4, -0.2) is 11.2 Å². The second kappa shape index (κ2) is 8.81. The van der Waals surface area contributed by atoms with E-state index in [4.69, 9.17) is 0 Å². The largest absolute Gasteiger partial charge is 0.389 e. The Morgan fingerprint density at radius 1 is 0.903 bits per heavy atom. The van der Waals surface area contributed by atoms with Gasteiger partial charge < -0.3 is 5.11 Å². The Balaban J connectivity index is 1.47. The van der Waals surface area contributed by atoms with Gasteiger partial charge in [-0.05, 0) is 122 Å². The molecule has 178 valence electrons. The molecule has 4 fully saturated rings. The van der Waals surface area contributed by atoms with Crippen molar-refractivity contribution in [2.75, 3.05) is 0 Å². The zero-order valence-electron chi connectivity index (χ0n) is 21.6. The molecular weight excluding hydrogens is 376 g/mol. The topological polar surface area (TPSA) is 20.2 Å². The number of hydrogen-bond donors (Lipinski definition) is 1. The van der Waals surface area contributed by atoms with Crippen LogP contribution in [0, 0.1) is 58.2 Å². The van der Waals surface area contributed by atoms with Gasteiger partial charge in [0.15, 0.2) is 0 Å². The van der Waals surface area contributed by atoms with Gasteiger partial charge >= 0.3 is 0 Å². The number of aliphatic hydroxyl groups excluding tert-OH is 1. The van der Waals surface area contributed by atoms with Crippen LogP contribution in [0.3, 0.4) is 0 Å². The molecule has 0 radical (unpaired) electrons. The fourth-order valence-corrected chi connectivity index (χ4v) is 9.95. The Morgan fingerprint density at radius 2 is 1.58 bits per heavy atom. The Hall–Kier alpha value is -0.300. The Bertz CT molecular complexity index is 651. The smallest absolute Gasteiger partial charge is 0.0750 e. The third-order valence-corrected chi connectivity index (χ3v) is 11.9. The van der Waals surface area contributed by atoms with Crippen molar-refractivity contribution in [2.45, 2.75) is 118 Å². The molecule has 4 aliphatic carbocycles. The molecule has 31 heavy (non-hydrogen) atoms. The van der Waals surface area contributed by atoms with Crippen LogP contribution in [0.5, 0.6) is 0 Å². The van der Waals surface area contributed by atoms with Crippen LogP contribution in [0.25, 0.3) is 0 Å². The van der Waals surface area contributed by atoms with Crippen LogP contribution in [-0.2, 0) is 0 Å². The number of hydrogen-bond acceptors (Lipinski definition) is 1. The summed E-state index contributed by atoms with van der Waals surface area (Å²) in [4.78, 5) is 0. The molecule has 0 heterocycles. The van der Waals surface area contributed by atoms with E-state index in [2.05, 4.69) is 48.1 Å². The molecule has 1 N–H and O–H groups in total. The normalized spacial score (nSPS) is 46.9. The second-order valence-corrected chi connectivity index (χ2v) is 13.3. The van der Waals surface area contributed by atoms with Crippen molar-refractivity contribution >= 4 is 0 Å². The van der Waals surface area contributed by atoms with Crippen LogP contribution in [0.1, 0.15) is 112 Å². The molecule has 0 saturated heterocycles. The zero-order valence-corrected chi connectivity index (χ0v) is 21.6. The lowest BCUT2D eigenvalue weighted by Crippen LogP contribution is -2.54. The van der Waals surface area contributed by atoms with Gasteiger partial charge in [0.25, 0.3) is 0 Å². The van der Waals surface area contributed by atoms with E-state index >= 15 is 0 Å². The lowest BCUT2D eigenvalue weighted by atomic mass is 9.44. The Morgan fingerprint density at radius 3 is 2.26 bits per heavy atom. The third kappa shape index (κ3) is 3.87. The number of rotatable bonds is 6. The highest BCUT2D eigenvalue weighted by Gasteiger charge is 2.61. The molecule has 0 bridgehead atoms. The monoisotopic (exact) mass is 428 g/mol. The molecule has 1 nitrogen and oxygen atoms in total. The average molecular weight is 429 g/mol. The van der Waals surface area contributed by atoms with Gasteiger partial charge in [-0.15, -0.1) is 0 Å². The van der Waals surface area contributed by atoms with Gasteiger partial charge in [-0.25, -0.2) is 0 Å². The van der Waals surface area contributed by atoms with E-state index in [1.807, 2.05) is 0 Å². The van der Waals surface area contributed by atoms with Crippen molar-refractivity contribution in [3.05, 3.63) is 12.2 Å². The van der Waals surface area contributed by atoms with E-state index in [1.165, 1.54) is 69.8 Å². The summed E-state index contributed by atoms with van der Waals surface area (Å²) in [7, 11) is 0. The van der Waals surface area contributed by atoms with E-state index in [1.54, 1.807) is 0 Å². The standard InChI is InChI=1S/C30H52O/c1-8-22(19(2)3)10-9-20(4)24-13-14-26-23-11-12-25-21(5)28(31)16-18-30(25,7)27(23)15-17-29(24,26)6/h19-20,22-28,31H,5,8-18H2,1-4,6-7H3/t20-,22+,23+,24-,25?,26+,27+,28+,29-,30+/m1/s1. The van der Waals surface area contributed by atoms with Crippen molar-refractivity contribution in [2.24, 2.45) is 58.2 Å². The van der Waals surface area contributed by atoms with Crippen molar-refractivity contribution in [1.29, 1.82) is 0 Å². The third-order valence-electron chi connectivity index (χ3n) is 11.9. The SMILES string of the molecule is C=C1C2CC[C@H]3[C@@H]4CC[C@H]([C@H](C)CC[C@H](CC)C(C)C)[C@@]4(C)CC[C@@H]3[C@@]2(C)CC[C@@H]1O. The first-order valence-electron chi connectivity index (χ1n) is 14.0. The minimum absolute atomic E-state index is 0.238. The maximum Gasteiger partial charge on any atom is 0.0750 e. The first-order chi connectivity index (χ1) is 14.6. The maximum absolute atomic E-state index is 10.5. The molecule has 0 aromatic rings. The predicted octanol–water partition coefficient (Wildman–Crippen LogP) is 8.27. The number of aliphatic hydroxyl groups is 1. The summed E-state index contributed by atoms with van der Waals surface area (Å²) in [5, 5.41) is 10.5. The lowest BCUT2D eigenvalue weighted by Gasteiger charge is -2.61. The van der Waals surface area contributed by atoms with Gasteiger partial charge in [0.05, 0.1) is 6.10 Å². The molecule has 1 heteroatoms. The van der Waals surface area contributed by atoms with E-state index in [9.17, 15) is 5.11 Å². The molecule has 10 atom stereocenters. The summed E-state index contributed by atoms with van der Waals surface area (Å²) in [6, 6.07) is 0. The first kappa shape index (κ1) is 23.8. The molecule has 0 aliphatic heterocycles. The minimum atomic E-state index is -0.238. The highest BCUT2D eigenvalue weighted by molar-refractivity contribution is 5.20. The summed E-state index contributed by atoms with van der Waals surface area (Å²) in [6.45, 7) is 19.5.